The number of nitrogens with zero attached hydrogens (tertiary/aromatic N) is 5. The van der Waals surface area contributed by atoms with Crippen molar-refractivity contribution in [3.8, 4) is 17.6 Å². The van der Waals surface area contributed by atoms with Crippen molar-refractivity contribution in [3.05, 3.63) is 48.5 Å². The summed E-state index contributed by atoms with van der Waals surface area (Å²) in [7, 11) is 3.08. The lowest BCUT2D eigenvalue weighted by atomic mass is 10.3. The minimum atomic E-state index is -1.05. The molecule has 0 heterocycles. The van der Waals surface area contributed by atoms with Crippen LogP contribution in [0.15, 0.2) is 69.0 Å². The summed E-state index contributed by atoms with van der Waals surface area (Å²) in [6.45, 7) is 0. The molecule has 0 fully saturated rings. The van der Waals surface area contributed by atoms with Crippen LogP contribution in [0.25, 0.3) is 0 Å². The Bertz CT molecular complexity index is 695. The number of hydrogen-bond acceptors (Lipinski definition) is 7. The molecule has 2 aromatic rings. The molecule has 0 N–H and O–H groups in total. The molecular weight excluding hydrogens is 294 g/mol. The van der Waals surface area contributed by atoms with E-state index >= 15 is 0 Å². The Morgan fingerprint density at radius 2 is 1.26 bits per heavy atom. The normalized spacial score (nSPS) is 12.2. The highest BCUT2D eigenvalue weighted by Gasteiger charge is 2.06. The Morgan fingerprint density at radius 3 is 1.65 bits per heavy atom. The molecule has 0 aliphatic heterocycles. The van der Waals surface area contributed by atoms with Crippen LogP contribution in [0.2, 0.25) is 0 Å². The fourth-order valence-corrected chi connectivity index (χ4v) is 1.73. The van der Waals surface area contributed by atoms with Crippen molar-refractivity contribution >= 4 is 11.4 Å². The lowest BCUT2D eigenvalue weighted by Crippen LogP contribution is -1.93. The van der Waals surface area contributed by atoms with Crippen molar-refractivity contribution in [2.24, 2.45) is 20.5 Å². The van der Waals surface area contributed by atoms with Crippen LogP contribution in [0.3, 0.4) is 0 Å². The summed E-state index contributed by atoms with van der Waals surface area (Å²) in [6.07, 6.45) is -1.05. The fourth-order valence-electron chi connectivity index (χ4n) is 1.73. The van der Waals surface area contributed by atoms with Gasteiger partial charge < -0.3 is 9.47 Å². The van der Waals surface area contributed by atoms with E-state index in [4.69, 9.17) is 14.7 Å². The van der Waals surface area contributed by atoms with Crippen LogP contribution in [0.1, 0.15) is 0 Å². The van der Waals surface area contributed by atoms with Crippen LogP contribution in [0.4, 0.5) is 11.4 Å². The van der Waals surface area contributed by atoms with Gasteiger partial charge in [0.25, 0.3) is 6.17 Å². The number of azo groups is 2. The summed E-state index contributed by atoms with van der Waals surface area (Å²) in [5, 5.41) is 24.9. The van der Waals surface area contributed by atoms with Crippen molar-refractivity contribution in [2.75, 3.05) is 14.2 Å². The highest BCUT2D eigenvalue weighted by Crippen LogP contribution is 2.28. The first-order chi connectivity index (χ1) is 11.3. The molecule has 0 saturated carbocycles. The second kappa shape index (κ2) is 8.24. The zero-order valence-corrected chi connectivity index (χ0v) is 12.7. The van der Waals surface area contributed by atoms with E-state index in [1.54, 1.807) is 36.4 Å². The number of para-hydroxylation sites is 2. The summed E-state index contributed by atoms with van der Waals surface area (Å²) in [5.74, 6) is 1.13. The van der Waals surface area contributed by atoms with E-state index in [2.05, 4.69) is 20.5 Å². The van der Waals surface area contributed by atoms with Gasteiger partial charge in [0.1, 0.15) is 28.9 Å². The third kappa shape index (κ3) is 4.35. The largest absolute Gasteiger partial charge is 0.494 e. The van der Waals surface area contributed by atoms with E-state index in [-0.39, 0.29) is 0 Å². The standard InChI is InChI=1S/C16H15N5O2/c1-22-14-9-5-3-7-12(14)18-20-16(11-17)21-19-13-8-4-6-10-15(13)23-2/h3-10,16H,1-2H3. The number of rotatable bonds is 6. The summed E-state index contributed by atoms with van der Waals surface area (Å²) in [5.41, 5.74) is 1.03. The van der Waals surface area contributed by atoms with Crippen molar-refractivity contribution in [1.82, 2.24) is 0 Å². The van der Waals surface area contributed by atoms with Crippen LogP contribution in [-0.4, -0.2) is 20.4 Å². The summed E-state index contributed by atoms with van der Waals surface area (Å²) in [4.78, 5) is 0. The quantitative estimate of drug-likeness (QED) is 0.739. The van der Waals surface area contributed by atoms with E-state index in [9.17, 15) is 0 Å². The second-order valence-corrected chi connectivity index (χ2v) is 4.28. The molecule has 0 radical (unpaired) electrons. The maximum Gasteiger partial charge on any atom is 0.266 e. The lowest BCUT2D eigenvalue weighted by molar-refractivity contribution is 0.415. The fraction of sp³-hybridized carbons (Fsp3) is 0.188. The molecule has 7 nitrogen and oxygen atoms in total. The highest BCUT2D eigenvalue weighted by molar-refractivity contribution is 5.51. The van der Waals surface area contributed by atoms with Crippen molar-refractivity contribution in [2.45, 2.75) is 6.17 Å². The van der Waals surface area contributed by atoms with Gasteiger partial charge in [-0.25, -0.2) is 0 Å². The van der Waals surface area contributed by atoms with Gasteiger partial charge in [-0.1, -0.05) is 24.3 Å². The Labute approximate surface area is 133 Å². The molecule has 2 rings (SSSR count). The Morgan fingerprint density at radius 1 is 0.826 bits per heavy atom. The Hall–Kier alpha value is -3.27. The number of benzene rings is 2. The predicted octanol–water partition coefficient (Wildman–Crippen LogP) is 4.42. The zero-order chi connectivity index (χ0) is 16.5. The van der Waals surface area contributed by atoms with Gasteiger partial charge in [0.2, 0.25) is 0 Å². The minimum Gasteiger partial charge on any atom is -0.494 e. The van der Waals surface area contributed by atoms with E-state index in [0.717, 1.165) is 0 Å². The monoisotopic (exact) mass is 309 g/mol. The molecule has 0 unspecified atom stereocenters. The molecule has 2 aromatic carbocycles. The molecule has 116 valence electrons. The average molecular weight is 309 g/mol. The molecule has 7 heteroatoms. The first kappa shape index (κ1) is 16.1. The molecule has 0 amide bonds. The molecule has 0 spiro atoms. The van der Waals surface area contributed by atoms with Crippen LogP contribution in [0, 0.1) is 11.3 Å². The number of nitriles is 1. The summed E-state index contributed by atoms with van der Waals surface area (Å²) >= 11 is 0. The SMILES string of the molecule is COc1ccccc1N=NC(C#N)N=Nc1ccccc1OC. The zero-order valence-electron chi connectivity index (χ0n) is 12.7. The van der Waals surface area contributed by atoms with Crippen LogP contribution >= 0.6 is 0 Å². The minimum absolute atomic E-state index is 0.516. The summed E-state index contributed by atoms with van der Waals surface area (Å²) in [6, 6.07) is 16.1. The topological polar surface area (TPSA) is 91.7 Å². The van der Waals surface area contributed by atoms with Crippen LogP contribution in [0.5, 0.6) is 11.5 Å². The predicted molar refractivity (Wildman–Crippen MR) is 84.4 cm³/mol. The Balaban J connectivity index is 2.16. The van der Waals surface area contributed by atoms with E-state index in [1.807, 2.05) is 18.2 Å². The third-order valence-electron chi connectivity index (χ3n) is 2.84. The molecular formula is C16H15N5O2. The number of hydrogen-bond donors (Lipinski definition) is 0. The van der Waals surface area contributed by atoms with E-state index in [0.29, 0.717) is 22.9 Å². The molecule has 23 heavy (non-hydrogen) atoms. The molecule has 0 aliphatic carbocycles. The van der Waals surface area contributed by atoms with Crippen molar-refractivity contribution in [1.29, 1.82) is 5.26 Å². The van der Waals surface area contributed by atoms with Gasteiger partial charge in [-0.2, -0.15) is 5.26 Å². The first-order valence-corrected chi connectivity index (χ1v) is 6.76. The van der Waals surface area contributed by atoms with Gasteiger partial charge in [0.05, 0.1) is 14.2 Å². The number of ether oxygens (including phenoxy) is 2. The van der Waals surface area contributed by atoms with Crippen LogP contribution < -0.4 is 9.47 Å². The average Bonchev–Trinajstić information content (AvgIpc) is 2.62. The van der Waals surface area contributed by atoms with E-state index in [1.165, 1.54) is 14.2 Å². The molecule has 0 saturated heterocycles. The Kier molecular flexibility index (Phi) is 5.77. The maximum absolute atomic E-state index is 9.12. The van der Waals surface area contributed by atoms with Gasteiger partial charge in [-0.15, -0.1) is 20.5 Å². The van der Waals surface area contributed by atoms with Gasteiger partial charge in [-0.05, 0) is 24.3 Å². The second-order valence-electron chi connectivity index (χ2n) is 4.28. The van der Waals surface area contributed by atoms with Crippen LogP contribution in [-0.2, 0) is 0 Å². The van der Waals surface area contributed by atoms with Gasteiger partial charge in [0.15, 0.2) is 0 Å². The lowest BCUT2D eigenvalue weighted by Gasteiger charge is -2.03. The van der Waals surface area contributed by atoms with Gasteiger partial charge in [-0.3, -0.25) is 0 Å². The van der Waals surface area contributed by atoms with Gasteiger partial charge >= 0.3 is 0 Å². The van der Waals surface area contributed by atoms with Crippen molar-refractivity contribution in [3.63, 3.8) is 0 Å². The maximum atomic E-state index is 9.12. The van der Waals surface area contributed by atoms with Gasteiger partial charge in [0, 0.05) is 0 Å². The molecule has 0 atom stereocenters. The smallest absolute Gasteiger partial charge is 0.266 e. The third-order valence-corrected chi connectivity index (χ3v) is 2.84. The van der Waals surface area contributed by atoms with E-state index < -0.39 is 6.17 Å². The summed E-state index contributed by atoms with van der Waals surface area (Å²) < 4.78 is 10.3. The molecule has 0 bridgehead atoms. The molecule has 0 aromatic heterocycles. The highest BCUT2D eigenvalue weighted by atomic mass is 16.5. The first-order valence-electron chi connectivity index (χ1n) is 6.76. The number of methoxy groups -OCH3 is 2. The molecule has 0 aliphatic rings. The van der Waals surface area contributed by atoms with Crippen molar-refractivity contribution < 1.29 is 9.47 Å².